The molecule has 3 fully saturated rings. The Morgan fingerprint density at radius 3 is 2.06 bits per heavy atom. The van der Waals surface area contributed by atoms with Crippen molar-refractivity contribution in [2.75, 3.05) is 6.67 Å². The predicted octanol–water partition coefficient (Wildman–Crippen LogP) is 5.03. The van der Waals surface area contributed by atoms with Crippen LogP contribution in [-0.4, -0.2) is 6.67 Å². The van der Waals surface area contributed by atoms with E-state index in [1.807, 2.05) is 0 Å². The predicted molar refractivity (Wildman–Crippen MR) is 73.5 cm³/mol. The van der Waals surface area contributed by atoms with Crippen LogP contribution >= 0.6 is 0 Å². The van der Waals surface area contributed by atoms with Crippen LogP contribution in [-0.2, 0) is 5.41 Å². The molecule has 18 heavy (non-hydrogen) atoms. The second kappa shape index (κ2) is 4.68. The number of benzene rings is 1. The third kappa shape index (κ3) is 1.98. The minimum Gasteiger partial charge on any atom is -0.251 e. The molecular formula is C17H23F. The monoisotopic (exact) mass is 246 g/mol. The van der Waals surface area contributed by atoms with Crippen LogP contribution in [0.1, 0.15) is 56.9 Å². The number of alkyl halides is 1. The van der Waals surface area contributed by atoms with E-state index in [0.717, 1.165) is 12.8 Å². The Kier molecular flexibility index (Phi) is 3.17. The van der Waals surface area contributed by atoms with Crippen molar-refractivity contribution in [3.63, 3.8) is 0 Å². The third-order valence-electron chi connectivity index (χ3n) is 5.63. The fourth-order valence-corrected chi connectivity index (χ4v) is 4.30. The highest BCUT2D eigenvalue weighted by Gasteiger charge is 2.48. The molecule has 0 spiro atoms. The second-order valence-electron chi connectivity index (χ2n) is 6.44. The Morgan fingerprint density at radius 2 is 1.50 bits per heavy atom. The van der Waals surface area contributed by atoms with Gasteiger partial charge in [0.25, 0.3) is 0 Å². The molecule has 3 saturated carbocycles. The number of rotatable bonds is 4. The summed E-state index contributed by atoms with van der Waals surface area (Å²) in [5.74, 6) is 0. The summed E-state index contributed by atoms with van der Waals surface area (Å²) in [5.41, 5.74) is 2.50. The van der Waals surface area contributed by atoms with Crippen molar-refractivity contribution in [3.8, 4) is 0 Å². The first-order valence-electron chi connectivity index (χ1n) is 7.40. The van der Waals surface area contributed by atoms with Crippen molar-refractivity contribution in [1.29, 1.82) is 0 Å². The Bertz CT molecular complexity index is 371. The summed E-state index contributed by atoms with van der Waals surface area (Å²) in [6.07, 6.45) is 9.83. The molecule has 0 atom stereocenters. The van der Waals surface area contributed by atoms with E-state index < -0.39 is 0 Å². The van der Waals surface area contributed by atoms with E-state index in [-0.39, 0.29) is 6.67 Å². The van der Waals surface area contributed by atoms with E-state index in [9.17, 15) is 4.39 Å². The van der Waals surface area contributed by atoms with Gasteiger partial charge in [-0.05, 0) is 67.8 Å². The Hall–Kier alpha value is -0.850. The maximum atomic E-state index is 12.4. The van der Waals surface area contributed by atoms with Crippen LogP contribution in [0.25, 0.3) is 0 Å². The molecule has 0 unspecified atom stereocenters. The average Bonchev–Trinajstić information content (AvgIpc) is 2.48. The zero-order valence-corrected chi connectivity index (χ0v) is 11.1. The van der Waals surface area contributed by atoms with E-state index in [0.29, 0.717) is 10.8 Å². The van der Waals surface area contributed by atoms with Gasteiger partial charge >= 0.3 is 0 Å². The first-order valence-corrected chi connectivity index (χ1v) is 7.40. The van der Waals surface area contributed by atoms with Gasteiger partial charge in [0, 0.05) is 0 Å². The van der Waals surface area contributed by atoms with Crippen molar-refractivity contribution in [3.05, 3.63) is 35.9 Å². The molecule has 1 aromatic carbocycles. The lowest BCUT2D eigenvalue weighted by Gasteiger charge is -2.54. The molecule has 3 aliphatic rings. The van der Waals surface area contributed by atoms with Crippen molar-refractivity contribution in [2.45, 2.75) is 56.8 Å². The van der Waals surface area contributed by atoms with Gasteiger partial charge in [0.1, 0.15) is 0 Å². The molecule has 0 aromatic heterocycles. The summed E-state index contributed by atoms with van der Waals surface area (Å²) >= 11 is 0. The molecule has 0 heterocycles. The van der Waals surface area contributed by atoms with E-state index in [1.54, 1.807) is 5.56 Å². The van der Waals surface area contributed by atoms with E-state index in [1.165, 1.54) is 38.5 Å². The lowest BCUT2D eigenvalue weighted by molar-refractivity contribution is 0.0296. The zero-order chi connectivity index (χ0) is 12.5. The van der Waals surface area contributed by atoms with Gasteiger partial charge in [-0.15, -0.1) is 0 Å². The number of halogens is 1. The first kappa shape index (κ1) is 12.2. The summed E-state index contributed by atoms with van der Waals surface area (Å²) in [4.78, 5) is 0. The molecule has 2 bridgehead atoms. The van der Waals surface area contributed by atoms with Gasteiger partial charge in [-0.3, -0.25) is 4.39 Å². The van der Waals surface area contributed by atoms with Crippen LogP contribution in [0.15, 0.2) is 30.3 Å². The topological polar surface area (TPSA) is 0 Å². The van der Waals surface area contributed by atoms with Crippen LogP contribution in [0.3, 0.4) is 0 Å². The number of hydrogen-bond donors (Lipinski definition) is 0. The fourth-order valence-electron chi connectivity index (χ4n) is 4.30. The molecule has 0 nitrogen and oxygen atoms in total. The van der Waals surface area contributed by atoms with Crippen molar-refractivity contribution in [2.24, 2.45) is 5.41 Å². The molecule has 4 rings (SSSR count). The van der Waals surface area contributed by atoms with Crippen LogP contribution < -0.4 is 0 Å². The fraction of sp³-hybridized carbons (Fsp3) is 0.647. The van der Waals surface area contributed by atoms with Gasteiger partial charge in [-0.2, -0.15) is 0 Å². The van der Waals surface area contributed by atoms with Crippen molar-refractivity contribution >= 4 is 0 Å². The second-order valence-corrected chi connectivity index (χ2v) is 6.44. The molecule has 1 heteroatoms. The van der Waals surface area contributed by atoms with Crippen molar-refractivity contribution < 1.29 is 4.39 Å². The van der Waals surface area contributed by atoms with E-state index in [4.69, 9.17) is 0 Å². The summed E-state index contributed by atoms with van der Waals surface area (Å²) < 4.78 is 12.4. The molecule has 0 amide bonds. The SMILES string of the molecule is FCCCC12CCC(c3ccccc3)(CC1)CC2. The first-order chi connectivity index (χ1) is 8.79. The maximum Gasteiger partial charge on any atom is 0.0894 e. The minimum absolute atomic E-state index is 0.133. The molecule has 0 saturated heterocycles. The van der Waals surface area contributed by atoms with Gasteiger partial charge < -0.3 is 0 Å². The summed E-state index contributed by atoms with van der Waals surface area (Å²) in [6.45, 7) is -0.133. The lowest BCUT2D eigenvalue weighted by atomic mass is 9.51. The summed E-state index contributed by atoms with van der Waals surface area (Å²) in [5, 5.41) is 0. The van der Waals surface area contributed by atoms with Gasteiger partial charge in [0.2, 0.25) is 0 Å². The number of fused-ring (bicyclic) bond motifs is 3. The van der Waals surface area contributed by atoms with Crippen molar-refractivity contribution in [1.82, 2.24) is 0 Å². The molecule has 98 valence electrons. The molecule has 3 aliphatic carbocycles. The average molecular weight is 246 g/mol. The number of hydrogen-bond acceptors (Lipinski definition) is 0. The van der Waals surface area contributed by atoms with Gasteiger partial charge in [0.05, 0.1) is 6.67 Å². The smallest absolute Gasteiger partial charge is 0.0894 e. The Balaban J connectivity index is 1.75. The zero-order valence-electron chi connectivity index (χ0n) is 11.1. The van der Waals surface area contributed by atoms with E-state index in [2.05, 4.69) is 30.3 Å². The van der Waals surface area contributed by atoms with Gasteiger partial charge in [0.15, 0.2) is 0 Å². The highest BCUT2D eigenvalue weighted by atomic mass is 19.1. The Morgan fingerprint density at radius 1 is 0.889 bits per heavy atom. The summed E-state index contributed by atoms with van der Waals surface area (Å²) in [7, 11) is 0. The van der Waals surface area contributed by atoms with Gasteiger partial charge in [-0.1, -0.05) is 30.3 Å². The highest BCUT2D eigenvalue weighted by molar-refractivity contribution is 5.28. The lowest BCUT2D eigenvalue weighted by Crippen LogP contribution is -2.44. The van der Waals surface area contributed by atoms with Crippen LogP contribution in [0, 0.1) is 5.41 Å². The normalized spacial score (nSPS) is 34.7. The molecule has 0 radical (unpaired) electrons. The molecular weight excluding hydrogens is 223 g/mol. The molecule has 1 aromatic rings. The quantitative estimate of drug-likeness (QED) is 0.699. The Labute approximate surface area is 110 Å². The summed E-state index contributed by atoms with van der Waals surface area (Å²) in [6, 6.07) is 11.1. The largest absolute Gasteiger partial charge is 0.251 e. The maximum absolute atomic E-state index is 12.4. The van der Waals surface area contributed by atoms with Gasteiger partial charge in [-0.25, -0.2) is 0 Å². The van der Waals surface area contributed by atoms with Crippen LogP contribution in [0.4, 0.5) is 4.39 Å². The third-order valence-corrected chi connectivity index (χ3v) is 5.63. The minimum atomic E-state index is -0.133. The van der Waals surface area contributed by atoms with Crippen LogP contribution in [0.2, 0.25) is 0 Å². The molecule has 0 aliphatic heterocycles. The van der Waals surface area contributed by atoms with Crippen LogP contribution in [0.5, 0.6) is 0 Å². The van der Waals surface area contributed by atoms with E-state index >= 15 is 0 Å². The highest BCUT2D eigenvalue weighted by Crippen LogP contribution is 2.59. The standard InChI is InChI=1S/C17H23F/c18-14-4-7-16-8-11-17(12-9-16,13-10-16)15-5-2-1-3-6-15/h1-3,5-6H,4,7-14H2. The molecule has 0 N–H and O–H groups in total.